The van der Waals surface area contributed by atoms with Gasteiger partial charge in [0.1, 0.15) is 6.61 Å². The Morgan fingerprint density at radius 1 is 1.07 bits per heavy atom. The fourth-order valence-electron chi connectivity index (χ4n) is 3.23. The molecule has 1 aliphatic rings. The molecule has 1 heterocycles. The lowest BCUT2D eigenvalue weighted by atomic mass is 10.2. The normalized spacial score (nSPS) is 13.4. The molecular weight excluding hydrogens is 388 g/mol. The van der Waals surface area contributed by atoms with Crippen molar-refractivity contribution in [3.8, 4) is 17.2 Å². The SMILES string of the molecule is COc1cccc(OC)c1OCCNCCC(=O)N1CCCSc2ccccc21. The number of fused-ring (bicyclic) bond motifs is 1. The quantitative estimate of drug-likeness (QED) is 0.631. The number of nitrogens with one attached hydrogen (secondary N) is 1. The molecule has 0 aliphatic carbocycles. The number of nitrogens with zero attached hydrogens (tertiary/aromatic N) is 1. The van der Waals surface area contributed by atoms with Crippen LogP contribution in [0.5, 0.6) is 17.2 Å². The first-order chi connectivity index (χ1) is 14.2. The van der Waals surface area contributed by atoms with Crippen LogP contribution >= 0.6 is 11.8 Å². The van der Waals surface area contributed by atoms with Crippen LogP contribution in [0.3, 0.4) is 0 Å². The molecule has 2 aromatic rings. The molecule has 0 atom stereocenters. The zero-order valence-electron chi connectivity index (χ0n) is 17.0. The summed E-state index contributed by atoms with van der Waals surface area (Å²) in [4.78, 5) is 15.9. The van der Waals surface area contributed by atoms with Crippen molar-refractivity contribution in [3.05, 3.63) is 42.5 Å². The summed E-state index contributed by atoms with van der Waals surface area (Å²) in [6.07, 6.45) is 1.46. The van der Waals surface area contributed by atoms with Crippen LogP contribution in [0.1, 0.15) is 12.8 Å². The van der Waals surface area contributed by atoms with Crippen molar-refractivity contribution in [1.29, 1.82) is 0 Å². The largest absolute Gasteiger partial charge is 0.493 e. The summed E-state index contributed by atoms with van der Waals surface area (Å²) in [5.74, 6) is 3.06. The molecule has 7 heteroatoms. The molecule has 2 aromatic carbocycles. The first-order valence-electron chi connectivity index (χ1n) is 9.81. The van der Waals surface area contributed by atoms with Crippen LogP contribution in [0, 0.1) is 0 Å². The number of carbonyl (C=O) groups excluding carboxylic acids is 1. The fraction of sp³-hybridized carbons (Fsp3) is 0.409. The number of thioether (sulfide) groups is 1. The monoisotopic (exact) mass is 416 g/mol. The van der Waals surface area contributed by atoms with E-state index in [0.717, 1.165) is 24.4 Å². The van der Waals surface area contributed by atoms with Crippen LogP contribution < -0.4 is 24.4 Å². The van der Waals surface area contributed by atoms with Gasteiger partial charge in [-0.15, -0.1) is 11.8 Å². The van der Waals surface area contributed by atoms with Crippen molar-refractivity contribution in [2.75, 3.05) is 51.1 Å². The minimum Gasteiger partial charge on any atom is -0.493 e. The Hall–Kier alpha value is -2.38. The average molecular weight is 417 g/mol. The summed E-state index contributed by atoms with van der Waals surface area (Å²) in [7, 11) is 3.20. The van der Waals surface area contributed by atoms with E-state index in [9.17, 15) is 4.79 Å². The van der Waals surface area contributed by atoms with Gasteiger partial charge < -0.3 is 24.4 Å². The van der Waals surface area contributed by atoms with E-state index in [4.69, 9.17) is 14.2 Å². The molecule has 0 saturated carbocycles. The second kappa shape index (κ2) is 11.0. The Bertz CT molecular complexity index is 793. The van der Waals surface area contributed by atoms with E-state index in [-0.39, 0.29) is 5.91 Å². The van der Waals surface area contributed by atoms with Crippen molar-refractivity contribution < 1.29 is 19.0 Å². The smallest absolute Gasteiger partial charge is 0.228 e. The van der Waals surface area contributed by atoms with Gasteiger partial charge in [0.25, 0.3) is 0 Å². The number of rotatable bonds is 9. The third kappa shape index (κ3) is 5.58. The summed E-state index contributed by atoms with van der Waals surface area (Å²) in [5, 5.41) is 3.28. The van der Waals surface area contributed by atoms with Crippen molar-refractivity contribution in [1.82, 2.24) is 5.32 Å². The predicted octanol–water partition coefficient (Wildman–Crippen LogP) is 3.59. The van der Waals surface area contributed by atoms with Gasteiger partial charge in [-0.1, -0.05) is 18.2 Å². The van der Waals surface area contributed by atoms with E-state index in [1.54, 1.807) is 14.2 Å². The zero-order valence-corrected chi connectivity index (χ0v) is 17.8. The molecular formula is C22H28N2O4S. The molecule has 0 saturated heterocycles. The summed E-state index contributed by atoms with van der Waals surface area (Å²) in [5.41, 5.74) is 1.03. The molecule has 1 amide bonds. The van der Waals surface area contributed by atoms with Gasteiger partial charge in [-0.25, -0.2) is 0 Å². The van der Waals surface area contributed by atoms with Crippen molar-refractivity contribution >= 4 is 23.4 Å². The Balaban J connectivity index is 1.44. The molecule has 0 bridgehead atoms. The minimum atomic E-state index is 0.153. The molecule has 1 N–H and O–H groups in total. The van der Waals surface area contributed by atoms with Crippen molar-refractivity contribution in [2.24, 2.45) is 0 Å². The van der Waals surface area contributed by atoms with Gasteiger partial charge in [0, 0.05) is 31.0 Å². The van der Waals surface area contributed by atoms with Crippen LogP contribution in [-0.2, 0) is 4.79 Å². The summed E-state index contributed by atoms with van der Waals surface area (Å²) < 4.78 is 16.5. The maximum Gasteiger partial charge on any atom is 0.228 e. The molecule has 6 nitrogen and oxygen atoms in total. The molecule has 0 fully saturated rings. The molecule has 0 radical (unpaired) electrons. The number of hydrogen-bond donors (Lipinski definition) is 1. The number of carbonyl (C=O) groups is 1. The highest BCUT2D eigenvalue weighted by Gasteiger charge is 2.20. The maximum absolute atomic E-state index is 12.7. The molecule has 156 valence electrons. The molecule has 0 spiro atoms. The van der Waals surface area contributed by atoms with Gasteiger partial charge in [0.15, 0.2) is 11.5 Å². The number of methoxy groups -OCH3 is 2. The third-order valence-electron chi connectivity index (χ3n) is 4.66. The number of ether oxygens (including phenoxy) is 3. The van der Waals surface area contributed by atoms with E-state index >= 15 is 0 Å². The van der Waals surface area contributed by atoms with Gasteiger partial charge in [-0.2, -0.15) is 0 Å². The topological polar surface area (TPSA) is 60.0 Å². The Kier molecular flexibility index (Phi) is 8.07. The third-order valence-corrected chi connectivity index (χ3v) is 5.81. The van der Waals surface area contributed by atoms with Crippen LogP contribution in [0.25, 0.3) is 0 Å². The number of benzene rings is 2. The van der Waals surface area contributed by atoms with E-state index in [1.165, 1.54) is 4.90 Å². The number of anilines is 1. The minimum absolute atomic E-state index is 0.153. The van der Waals surface area contributed by atoms with Gasteiger partial charge in [-0.3, -0.25) is 4.79 Å². The highest BCUT2D eigenvalue weighted by Crippen LogP contribution is 2.36. The average Bonchev–Trinajstić information content (AvgIpc) is 2.98. The molecule has 1 aliphatic heterocycles. The van der Waals surface area contributed by atoms with Crippen LogP contribution in [-0.4, -0.2) is 52.1 Å². The molecule has 3 rings (SSSR count). The first kappa shape index (κ1) is 21.3. The second-order valence-corrected chi connectivity index (χ2v) is 7.69. The van der Waals surface area contributed by atoms with Gasteiger partial charge in [-0.05, 0) is 36.4 Å². The fourth-order valence-corrected chi connectivity index (χ4v) is 4.22. The standard InChI is InChI=1S/C22H28N2O4S/c1-26-18-8-5-9-19(27-2)22(18)28-15-13-23-12-11-21(25)24-14-6-16-29-20-10-4-3-7-17(20)24/h3-5,7-10,23H,6,11-16H2,1-2H3. The second-order valence-electron chi connectivity index (χ2n) is 6.56. The molecule has 0 aromatic heterocycles. The highest BCUT2D eigenvalue weighted by molar-refractivity contribution is 7.99. The Labute approximate surface area is 176 Å². The maximum atomic E-state index is 12.7. The number of hydrogen-bond acceptors (Lipinski definition) is 6. The lowest BCUT2D eigenvalue weighted by Crippen LogP contribution is -2.34. The lowest BCUT2D eigenvalue weighted by molar-refractivity contribution is -0.118. The molecule has 0 unspecified atom stereocenters. The van der Waals surface area contributed by atoms with E-state index in [2.05, 4.69) is 11.4 Å². The van der Waals surface area contributed by atoms with Crippen molar-refractivity contribution in [2.45, 2.75) is 17.7 Å². The number of para-hydroxylation sites is 2. The summed E-state index contributed by atoms with van der Waals surface area (Å²) in [6, 6.07) is 13.7. The van der Waals surface area contributed by atoms with Crippen LogP contribution in [0.2, 0.25) is 0 Å². The van der Waals surface area contributed by atoms with E-state index in [0.29, 0.717) is 43.4 Å². The zero-order chi connectivity index (χ0) is 20.5. The Morgan fingerprint density at radius 2 is 1.83 bits per heavy atom. The molecule has 29 heavy (non-hydrogen) atoms. The van der Waals surface area contributed by atoms with Crippen molar-refractivity contribution in [3.63, 3.8) is 0 Å². The van der Waals surface area contributed by atoms with Gasteiger partial charge >= 0.3 is 0 Å². The van der Waals surface area contributed by atoms with Crippen LogP contribution in [0.4, 0.5) is 5.69 Å². The lowest BCUT2D eigenvalue weighted by Gasteiger charge is -2.22. The summed E-state index contributed by atoms with van der Waals surface area (Å²) >= 11 is 1.82. The van der Waals surface area contributed by atoms with E-state index in [1.807, 2.05) is 53.1 Å². The van der Waals surface area contributed by atoms with Crippen LogP contribution in [0.15, 0.2) is 47.4 Å². The van der Waals surface area contributed by atoms with E-state index < -0.39 is 0 Å². The Morgan fingerprint density at radius 3 is 2.59 bits per heavy atom. The van der Waals surface area contributed by atoms with Gasteiger partial charge in [0.2, 0.25) is 11.7 Å². The number of amides is 1. The summed E-state index contributed by atoms with van der Waals surface area (Å²) in [6.45, 7) is 2.46. The van der Waals surface area contributed by atoms with Gasteiger partial charge in [0.05, 0.1) is 19.9 Å². The predicted molar refractivity (Wildman–Crippen MR) is 117 cm³/mol. The first-order valence-corrected chi connectivity index (χ1v) is 10.8. The highest BCUT2D eigenvalue weighted by atomic mass is 32.2.